The molecule has 0 bridgehead atoms. The standard InChI is InChI=1S/C29H31N3O2/c1-29(2,3)34-28(33)32-18-15-23(16-19-32)22-11-8-21(9-12-22)10-13-24-6-4-5-7-25(24)26-14-17-31-20-27(26)30/h4-9,11-12,14,17,20,23H,15-16,18-19,30H2,1-3H3. The lowest BCUT2D eigenvalue weighted by molar-refractivity contribution is 0.0205. The number of carbonyl (C=O) groups excluding carboxylic acids is 1. The molecule has 0 unspecified atom stereocenters. The van der Waals surface area contributed by atoms with Gasteiger partial charge < -0.3 is 15.4 Å². The second kappa shape index (κ2) is 10.0. The SMILES string of the molecule is CC(C)(C)OC(=O)N1CCC(c2ccc(C#Cc3ccccc3-c3ccncc3N)cc2)CC1. The van der Waals surface area contributed by atoms with Crippen LogP contribution in [-0.4, -0.2) is 34.7 Å². The number of hydrogen-bond donors (Lipinski definition) is 1. The van der Waals surface area contributed by atoms with Crippen molar-refractivity contribution in [3.8, 4) is 23.0 Å². The highest BCUT2D eigenvalue weighted by atomic mass is 16.6. The van der Waals surface area contributed by atoms with Crippen LogP contribution < -0.4 is 5.73 Å². The van der Waals surface area contributed by atoms with Gasteiger partial charge in [0.2, 0.25) is 0 Å². The van der Waals surface area contributed by atoms with Crippen LogP contribution >= 0.6 is 0 Å². The Labute approximate surface area is 202 Å². The fourth-order valence-electron chi connectivity index (χ4n) is 4.18. The van der Waals surface area contributed by atoms with E-state index in [1.54, 1.807) is 12.4 Å². The number of hydrogen-bond acceptors (Lipinski definition) is 4. The quantitative estimate of drug-likeness (QED) is 0.495. The number of anilines is 1. The number of piperidine rings is 1. The molecule has 174 valence electrons. The molecule has 4 rings (SSSR count). The Kier molecular flexibility index (Phi) is 6.88. The fourth-order valence-corrected chi connectivity index (χ4v) is 4.18. The summed E-state index contributed by atoms with van der Waals surface area (Å²) >= 11 is 0. The van der Waals surface area contributed by atoms with E-state index in [0.29, 0.717) is 11.6 Å². The van der Waals surface area contributed by atoms with Crippen molar-refractivity contribution in [3.05, 3.63) is 83.7 Å². The summed E-state index contributed by atoms with van der Waals surface area (Å²) in [5.41, 5.74) is 11.4. The van der Waals surface area contributed by atoms with Crippen molar-refractivity contribution in [2.45, 2.75) is 45.1 Å². The summed E-state index contributed by atoms with van der Waals surface area (Å²) in [6, 6.07) is 18.4. The maximum atomic E-state index is 12.3. The molecule has 1 aliphatic heterocycles. The van der Waals surface area contributed by atoms with Crippen molar-refractivity contribution in [2.75, 3.05) is 18.8 Å². The third-order valence-corrected chi connectivity index (χ3v) is 5.94. The number of carbonyl (C=O) groups is 1. The molecule has 1 saturated heterocycles. The number of nitrogens with two attached hydrogens (primary N) is 1. The summed E-state index contributed by atoms with van der Waals surface area (Å²) in [5.74, 6) is 7.04. The molecule has 1 aromatic heterocycles. The Hall–Kier alpha value is -3.78. The molecule has 0 atom stereocenters. The van der Waals surface area contributed by atoms with E-state index < -0.39 is 5.60 Å². The van der Waals surface area contributed by atoms with Crippen LogP contribution in [0, 0.1) is 11.8 Å². The average Bonchev–Trinajstić information content (AvgIpc) is 2.83. The lowest BCUT2D eigenvalue weighted by atomic mass is 9.89. The van der Waals surface area contributed by atoms with Gasteiger partial charge in [0.15, 0.2) is 0 Å². The van der Waals surface area contributed by atoms with Gasteiger partial charge in [-0.3, -0.25) is 4.98 Å². The number of likely N-dealkylation sites (tertiary alicyclic amines) is 1. The third kappa shape index (κ3) is 5.77. The summed E-state index contributed by atoms with van der Waals surface area (Å²) in [5, 5.41) is 0. The highest BCUT2D eigenvalue weighted by molar-refractivity contribution is 5.80. The van der Waals surface area contributed by atoms with Gasteiger partial charge in [0.05, 0.1) is 11.9 Å². The summed E-state index contributed by atoms with van der Waals surface area (Å²) in [4.78, 5) is 18.2. The van der Waals surface area contributed by atoms with Gasteiger partial charge in [-0.2, -0.15) is 0 Å². The molecule has 5 heteroatoms. The fraction of sp³-hybridized carbons (Fsp3) is 0.310. The number of amides is 1. The van der Waals surface area contributed by atoms with Gasteiger partial charge in [-0.05, 0) is 74.9 Å². The number of rotatable bonds is 2. The molecule has 1 aliphatic rings. The zero-order chi connectivity index (χ0) is 24.1. The number of aromatic nitrogens is 1. The molecule has 2 heterocycles. The first kappa shape index (κ1) is 23.4. The lowest BCUT2D eigenvalue weighted by Gasteiger charge is -2.33. The molecule has 2 aromatic carbocycles. The van der Waals surface area contributed by atoms with Crippen LogP contribution in [0.3, 0.4) is 0 Å². The molecule has 1 fully saturated rings. The summed E-state index contributed by atoms with van der Waals surface area (Å²) < 4.78 is 5.50. The molecular formula is C29H31N3O2. The first-order chi connectivity index (χ1) is 16.3. The second-order valence-electron chi connectivity index (χ2n) is 9.62. The molecule has 0 saturated carbocycles. The first-order valence-electron chi connectivity index (χ1n) is 11.7. The van der Waals surface area contributed by atoms with Crippen molar-refractivity contribution < 1.29 is 9.53 Å². The van der Waals surface area contributed by atoms with E-state index in [9.17, 15) is 4.79 Å². The number of ether oxygens (including phenoxy) is 1. The smallest absolute Gasteiger partial charge is 0.410 e. The van der Waals surface area contributed by atoms with Crippen LogP contribution in [0.15, 0.2) is 67.0 Å². The topological polar surface area (TPSA) is 68.5 Å². The lowest BCUT2D eigenvalue weighted by Crippen LogP contribution is -2.41. The normalized spacial score (nSPS) is 14.3. The average molecular weight is 454 g/mol. The number of pyridine rings is 1. The number of benzene rings is 2. The molecule has 34 heavy (non-hydrogen) atoms. The monoisotopic (exact) mass is 453 g/mol. The van der Waals surface area contributed by atoms with Crippen molar-refractivity contribution in [1.29, 1.82) is 0 Å². The second-order valence-corrected chi connectivity index (χ2v) is 9.62. The largest absolute Gasteiger partial charge is 0.444 e. The molecule has 0 spiro atoms. The summed E-state index contributed by atoms with van der Waals surface area (Å²) in [7, 11) is 0. The Morgan fingerprint density at radius 1 is 1.00 bits per heavy atom. The van der Waals surface area contributed by atoms with E-state index in [1.807, 2.05) is 56.0 Å². The molecule has 5 nitrogen and oxygen atoms in total. The Balaban J connectivity index is 1.42. The van der Waals surface area contributed by atoms with E-state index in [-0.39, 0.29) is 6.09 Å². The first-order valence-corrected chi connectivity index (χ1v) is 11.7. The third-order valence-electron chi connectivity index (χ3n) is 5.94. The molecule has 0 radical (unpaired) electrons. The minimum absolute atomic E-state index is 0.217. The number of nitrogens with zero attached hydrogens (tertiary/aromatic N) is 2. The van der Waals surface area contributed by atoms with Crippen molar-refractivity contribution in [3.63, 3.8) is 0 Å². The Bertz CT molecular complexity index is 1210. The van der Waals surface area contributed by atoms with Crippen LogP contribution in [-0.2, 0) is 4.74 Å². The van der Waals surface area contributed by atoms with Gasteiger partial charge in [0.25, 0.3) is 0 Å². The maximum absolute atomic E-state index is 12.3. The van der Waals surface area contributed by atoms with Gasteiger partial charge in [-0.1, -0.05) is 42.2 Å². The highest BCUT2D eigenvalue weighted by Crippen LogP contribution is 2.30. The highest BCUT2D eigenvalue weighted by Gasteiger charge is 2.27. The zero-order valence-corrected chi connectivity index (χ0v) is 20.0. The minimum atomic E-state index is -0.462. The van der Waals surface area contributed by atoms with Gasteiger partial charge in [0.1, 0.15) is 5.60 Å². The Morgan fingerprint density at radius 2 is 1.71 bits per heavy atom. The van der Waals surface area contributed by atoms with Crippen LogP contribution in [0.4, 0.5) is 10.5 Å². The summed E-state index contributed by atoms with van der Waals surface area (Å²) in [6.45, 7) is 7.13. The Morgan fingerprint density at radius 3 is 2.38 bits per heavy atom. The van der Waals surface area contributed by atoms with Crippen molar-refractivity contribution in [1.82, 2.24) is 9.88 Å². The van der Waals surface area contributed by atoms with Crippen molar-refractivity contribution >= 4 is 11.8 Å². The molecule has 2 N–H and O–H groups in total. The van der Waals surface area contributed by atoms with Gasteiger partial charge in [-0.15, -0.1) is 0 Å². The van der Waals surface area contributed by atoms with Crippen molar-refractivity contribution in [2.24, 2.45) is 0 Å². The van der Waals surface area contributed by atoms with E-state index in [0.717, 1.165) is 48.2 Å². The van der Waals surface area contributed by atoms with Gasteiger partial charge in [-0.25, -0.2) is 4.79 Å². The molecule has 0 aliphatic carbocycles. The number of nitrogen functional groups attached to an aromatic ring is 1. The van der Waals surface area contributed by atoms with Crippen LogP contribution in [0.25, 0.3) is 11.1 Å². The van der Waals surface area contributed by atoms with Crippen LogP contribution in [0.2, 0.25) is 0 Å². The minimum Gasteiger partial charge on any atom is -0.444 e. The van der Waals surface area contributed by atoms with E-state index >= 15 is 0 Å². The van der Waals surface area contributed by atoms with E-state index in [1.165, 1.54) is 5.56 Å². The predicted octanol–water partition coefficient (Wildman–Crippen LogP) is 5.85. The molecule has 3 aromatic rings. The zero-order valence-electron chi connectivity index (χ0n) is 20.0. The molecule has 1 amide bonds. The molecular weight excluding hydrogens is 422 g/mol. The van der Waals surface area contributed by atoms with E-state index in [2.05, 4.69) is 41.1 Å². The van der Waals surface area contributed by atoms with E-state index in [4.69, 9.17) is 10.5 Å². The van der Waals surface area contributed by atoms with Crippen LogP contribution in [0.5, 0.6) is 0 Å². The predicted molar refractivity (Wildman–Crippen MR) is 136 cm³/mol. The van der Waals surface area contributed by atoms with Gasteiger partial charge >= 0.3 is 6.09 Å². The van der Waals surface area contributed by atoms with Crippen LogP contribution in [0.1, 0.15) is 56.2 Å². The maximum Gasteiger partial charge on any atom is 0.410 e. The summed E-state index contributed by atoms with van der Waals surface area (Å²) in [6.07, 6.45) is 5.06. The van der Waals surface area contributed by atoms with Gasteiger partial charge in [0, 0.05) is 36.0 Å².